The quantitative estimate of drug-likeness (QED) is 0.247. The molecule has 0 aliphatic heterocycles. The van der Waals surface area contributed by atoms with Crippen molar-refractivity contribution in [1.29, 1.82) is 0 Å². The van der Waals surface area contributed by atoms with Crippen LogP contribution in [0.25, 0.3) is 21.9 Å². The van der Waals surface area contributed by atoms with Gasteiger partial charge in [0.1, 0.15) is 8.07 Å². The number of rotatable bonds is 5. The Kier molecular flexibility index (Phi) is 6.99. The molecule has 4 rings (SSSR count). The van der Waals surface area contributed by atoms with E-state index in [0.717, 1.165) is 16.4 Å². The van der Waals surface area contributed by atoms with Crippen molar-refractivity contribution in [2.24, 2.45) is 0 Å². The van der Waals surface area contributed by atoms with E-state index in [1.165, 1.54) is 0 Å². The number of nitrogens with one attached hydrogen (secondary N) is 1. The number of hydrogen-bond acceptors (Lipinski definition) is 4. The third kappa shape index (κ3) is 4.69. The summed E-state index contributed by atoms with van der Waals surface area (Å²) in [5, 5.41) is 4.03. The van der Waals surface area contributed by atoms with Gasteiger partial charge in [-0.1, -0.05) is 65.7 Å². The number of anilines is 1. The van der Waals surface area contributed by atoms with Crippen molar-refractivity contribution in [2.75, 3.05) is 5.32 Å². The van der Waals surface area contributed by atoms with E-state index < -0.39 is 8.07 Å². The van der Waals surface area contributed by atoms with E-state index in [4.69, 9.17) is 0 Å². The van der Waals surface area contributed by atoms with Crippen molar-refractivity contribution in [2.45, 2.75) is 58.2 Å². The Morgan fingerprint density at radius 3 is 2.11 bits per heavy atom. The maximum atomic E-state index is 13.6. The standard InChI is InChI=1S/C29H32N4OSi/c1-19(2)35(20(3)4,21(5)6)16-12-23-17-26-27(31-15-14-30-26)18-24(23)29(34)33-25-11-7-9-22-10-8-13-32-28(22)25/h7-11,13-15,17-21H,1-6H3,(H,33,34). The highest BCUT2D eigenvalue weighted by Crippen LogP contribution is 2.41. The molecule has 0 unspecified atom stereocenters. The number of carbonyl (C=O) groups excluding carboxylic acids is 1. The smallest absolute Gasteiger partial charge is 0.257 e. The van der Waals surface area contributed by atoms with Crippen LogP contribution < -0.4 is 5.32 Å². The Hall–Kier alpha value is -3.56. The summed E-state index contributed by atoms with van der Waals surface area (Å²) in [7, 11) is -1.98. The van der Waals surface area contributed by atoms with Gasteiger partial charge in [-0.15, -0.1) is 5.54 Å². The van der Waals surface area contributed by atoms with Crippen molar-refractivity contribution in [3.8, 4) is 11.5 Å². The predicted octanol–water partition coefficient (Wildman–Crippen LogP) is 7.00. The highest BCUT2D eigenvalue weighted by molar-refractivity contribution is 6.90. The molecule has 178 valence electrons. The van der Waals surface area contributed by atoms with Gasteiger partial charge in [0.05, 0.1) is 27.8 Å². The van der Waals surface area contributed by atoms with Gasteiger partial charge >= 0.3 is 0 Å². The number of pyridine rings is 1. The second-order valence-electron chi connectivity index (χ2n) is 9.92. The molecule has 35 heavy (non-hydrogen) atoms. The second kappa shape index (κ2) is 9.97. The SMILES string of the molecule is CC(C)[Si](C#Cc1cc2nccnc2cc1C(=O)Nc1cccc2cccnc12)(C(C)C)C(C)C. The maximum absolute atomic E-state index is 13.6. The van der Waals surface area contributed by atoms with Gasteiger partial charge in [-0.3, -0.25) is 19.7 Å². The molecule has 0 aliphatic carbocycles. The Bertz CT molecular complexity index is 1420. The fourth-order valence-electron chi connectivity index (χ4n) is 5.31. The number of aromatic nitrogens is 3. The molecule has 0 bridgehead atoms. The van der Waals surface area contributed by atoms with Gasteiger partial charge in [-0.2, -0.15) is 0 Å². The molecule has 0 spiro atoms. The van der Waals surface area contributed by atoms with E-state index in [1.54, 1.807) is 24.7 Å². The molecular formula is C29H32N4OSi. The molecule has 0 saturated carbocycles. The van der Waals surface area contributed by atoms with Crippen LogP contribution in [-0.2, 0) is 0 Å². The molecule has 0 saturated heterocycles. The van der Waals surface area contributed by atoms with Gasteiger partial charge in [0, 0.05) is 29.5 Å². The molecule has 0 fully saturated rings. The zero-order valence-corrected chi connectivity index (χ0v) is 22.3. The highest BCUT2D eigenvalue weighted by atomic mass is 28.3. The predicted molar refractivity (Wildman–Crippen MR) is 147 cm³/mol. The number of hydrogen-bond donors (Lipinski definition) is 1. The van der Waals surface area contributed by atoms with Gasteiger partial charge in [-0.05, 0) is 40.9 Å². The minimum absolute atomic E-state index is 0.231. The Labute approximate surface area is 208 Å². The molecule has 2 aromatic heterocycles. The molecular weight excluding hydrogens is 448 g/mol. The van der Waals surface area contributed by atoms with Crippen molar-refractivity contribution < 1.29 is 4.79 Å². The number of amides is 1. The molecule has 2 aromatic carbocycles. The number of carbonyl (C=O) groups is 1. The van der Waals surface area contributed by atoms with Gasteiger partial charge < -0.3 is 5.32 Å². The van der Waals surface area contributed by atoms with Gasteiger partial charge in [0.15, 0.2) is 0 Å². The van der Waals surface area contributed by atoms with Crippen LogP contribution >= 0.6 is 0 Å². The molecule has 1 N–H and O–H groups in total. The lowest BCUT2D eigenvalue weighted by molar-refractivity contribution is 0.102. The molecule has 4 aromatic rings. The van der Waals surface area contributed by atoms with Crippen molar-refractivity contribution >= 4 is 41.6 Å². The summed E-state index contributed by atoms with van der Waals surface area (Å²) >= 11 is 0. The fraction of sp³-hybridized carbons (Fsp3) is 0.310. The average molecular weight is 481 g/mol. The number of para-hydroxylation sites is 1. The Morgan fingerprint density at radius 1 is 0.829 bits per heavy atom. The molecule has 5 nitrogen and oxygen atoms in total. The van der Waals surface area contributed by atoms with E-state index in [1.807, 2.05) is 36.4 Å². The maximum Gasteiger partial charge on any atom is 0.257 e. The lowest BCUT2D eigenvalue weighted by Crippen LogP contribution is -2.43. The molecule has 0 atom stereocenters. The molecule has 2 heterocycles. The highest BCUT2D eigenvalue weighted by Gasteiger charge is 2.41. The molecule has 6 heteroatoms. The van der Waals surface area contributed by atoms with Crippen LogP contribution in [0.15, 0.2) is 61.1 Å². The lowest BCUT2D eigenvalue weighted by Gasteiger charge is -2.38. The van der Waals surface area contributed by atoms with Crippen LogP contribution in [0.1, 0.15) is 57.5 Å². The van der Waals surface area contributed by atoms with E-state index in [0.29, 0.717) is 39.0 Å². The number of fused-ring (bicyclic) bond motifs is 2. The molecule has 0 aliphatic rings. The summed E-state index contributed by atoms with van der Waals surface area (Å²) < 4.78 is 0. The summed E-state index contributed by atoms with van der Waals surface area (Å²) in [4.78, 5) is 27.0. The van der Waals surface area contributed by atoms with Crippen LogP contribution in [-0.4, -0.2) is 28.9 Å². The third-order valence-electron chi connectivity index (χ3n) is 7.01. The van der Waals surface area contributed by atoms with Crippen LogP contribution in [0.4, 0.5) is 5.69 Å². The zero-order chi connectivity index (χ0) is 25.2. The summed E-state index contributed by atoms with van der Waals surface area (Å²) in [6.07, 6.45) is 5.03. The number of nitrogens with zero attached hydrogens (tertiary/aromatic N) is 3. The van der Waals surface area contributed by atoms with Crippen LogP contribution in [0.5, 0.6) is 0 Å². The topological polar surface area (TPSA) is 67.8 Å². The van der Waals surface area contributed by atoms with Gasteiger partial charge in [0.2, 0.25) is 0 Å². The van der Waals surface area contributed by atoms with Crippen molar-refractivity contribution in [3.05, 3.63) is 72.2 Å². The first-order valence-corrected chi connectivity index (χ1v) is 14.4. The van der Waals surface area contributed by atoms with E-state index in [2.05, 4.69) is 73.3 Å². The van der Waals surface area contributed by atoms with Crippen LogP contribution in [0, 0.1) is 11.5 Å². The Morgan fingerprint density at radius 2 is 1.46 bits per heavy atom. The summed E-state index contributed by atoms with van der Waals surface area (Å²) in [5.41, 5.74) is 9.23. The first-order valence-electron chi connectivity index (χ1n) is 12.2. The van der Waals surface area contributed by atoms with Gasteiger partial charge in [0.25, 0.3) is 5.91 Å². The monoisotopic (exact) mass is 480 g/mol. The van der Waals surface area contributed by atoms with Gasteiger partial charge in [-0.25, -0.2) is 0 Å². The minimum atomic E-state index is -1.98. The molecule has 0 radical (unpaired) electrons. The van der Waals surface area contributed by atoms with E-state index >= 15 is 0 Å². The second-order valence-corrected chi connectivity index (χ2v) is 15.5. The minimum Gasteiger partial charge on any atom is -0.320 e. The third-order valence-corrected chi connectivity index (χ3v) is 13.3. The normalized spacial score (nSPS) is 11.8. The van der Waals surface area contributed by atoms with Crippen LogP contribution in [0.3, 0.4) is 0 Å². The largest absolute Gasteiger partial charge is 0.320 e. The fourth-order valence-corrected chi connectivity index (χ4v) is 10.5. The first-order chi connectivity index (χ1) is 16.7. The first kappa shape index (κ1) is 24.6. The Balaban J connectivity index is 1.84. The lowest BCUT2D eigenvalue weighted by atomic mass is 10.1. The average Bonchev–Trinajstić information content (AvgIpc) is 2.83. The van der Waals surface area contributed by atoms with Crippen LogP contribution in [0.2, 0.25) is 16.6 Å². The summed E-state index contributed by atoms with van der Waals surface area (Å²) in [6, 6.07) is 13.3. The molecule has 1 amide bonds. The van der Waals surface area contributed by atoms with E-state index in [-0.39, 0.29) is 5.91 Å². The zero-order valence-electron chi connectivity index (χ0n) is 21.3. The van der Waals surface area contributed by atoms with E-state index in [9.17, 15) is 4.79 Å². The summed E-state index contributed by atoms with van der Waals surface area (Å²) in [5.74, 6) is 3.23. The number of benzene rings is 2. The van der Waals surface area contributed by atoms with Crippen molar-refractivity contribution in [1.82, 2.24) is 15.0 Å². The summed E-state index contributed by atoms with van der Waals surface area (Å²) in [6.45, 7) is 13.7. The van der Waals surface area contributed by atoms with Crippen molar-refractivity contribution in [3.63, 3.8) is 0 Å².